The molecule has 132 valence electrons. The van der Waals surface area contributed by atoms with E-state index in [0.29, 0.717) is 18.8 Å². The van der Waals surface area contributed by atoms with E-state index in [-0.39, 0.29) is 17.4 Å². The van der Waals surface area contributed by atoms with Crippen LogP contribution in [0.3, 0.4) is 0 Å². The fourth-order valence-corrected chi connectivity index (χ4v) is 2.44. The molecule has 0 aliphatic heterocycles. The van der Waals surface area contributed by atoms with E-state index in [0.717, 1.165) is 16.8 Å². The molecule has 3 aromatic rings. The molecule has 0 saturated carbocycles. The number of rotatable bonds is 6. The van der Waals surface area contributed by atoms with Gasteiger partial charge in [0.05, 0.1) is 12.4 Å². The van der Waals surface area contributed by atoms with Crippen molar-refractivity contribution in [1.82, 2.24) is 15.3 Å². The number of benzene rings is 2. The van der Waals surface area contributed by atoms with Crippen molar-refractivity contribution in [2.24, 2.45) is 0 Å². The van der Waals surface area contributed by atoms with Gasteiger partial charge in [-0.05, 0) is 48.7 Å². The zero-order chi connectivity index (χ0) is 18.4. The minimum Gasteiger partial charge on any atom is -0.350 e. The molecule has 0 spiro atoms. The maximum Gasteiger partial charge on any atom is 0.271 e. The molecule has 26 heavy (non-hydrogen) atoms. The Morgan fingerprint density at radius 1 is 1.08 bits per heavy atom. The van der Waals surface area contributed by atoms with Gasteiger partial charge in [-0.15, -0.1) is 0 Å². The molecule has 0 fully saturated rings. The standard InChI is InChI=1S/C20H19FN4O/c1-14-3-2-4-17(11-14)25-19-13-23-18(12-24-19)20(26)22-10-9-15-5-7-16(21)8-6-15/h2-8,11-13H,9-10H2,1H3,(H,22,26)(H,24,25). The first-order chi connectivity index (χ1) is 12.6. The highest BCUT2D eigenvalue weighted by Gasteiger charge is 2.08. The molecule has 3 rings (SSSR count). The first-order valence-electron chi connectivity index (χ1n) is 8.28. The van der Waals surface area contributed by atoms with Crippen LogP contribution < -0.4 is 10.6 Å². The van der Waals surface area contributed by atoms with Crippen LogP contribution in [0.25, 0.3) is 0 Å². The lowest BCUT2D eigenvalue weighted by atomic mass is 10.1. The third-order valence-corrected chi connectivity index (χ3v) is 3.79. The highest BCUT2D eigenvalue weighted by molar-refractivity contribution is 5.92. The van der Waals surface area contributed by atoms with Crippen molar-refractivity contribution in [3.63, 3.8) is 0 Å². The Morgan fingerprint density at radius 3 is 2.58 bits per heavy atom. The summed E-state index contributed by atoms with van der Waals surface area (Å²) >= 11 is 0. The molecule has 0 aliphatic rings. The SMILES string of the molecule is Cc1cccc(Nc2cnc(C(=O)NCCc3ccc(F)cc3)cn2)c1. The van der Waals surface area contributed by atoms with Crippen LogP contribution in [0.15, 0.2) is 60.9 Å². The van der Waals surface area contributed by atoms with Gasteiger partial charge in [-0.1, -0.05) is 24.3 Å². The summed E-state index contributed by atoms with van der Waals surface area (Å²) in [4.78, 5) is 20.5. The van der Waals surface area contributed by atoms with Gasteiger partial charge < -0.3 is 10.6 Å². The van der Waals surface area contributed by atoms with Crippen LogP contribution in [0.1, 0.15) is 21.6 Å². The van der Waals surface area contributed by atoms with E-state index >= 15 is 0 Å². The summed E-state index contributed by atoms with van der Waals surface area (Å²) in [6.07, 6.45) is 3.58. The predicted molar refractivity (Wildman–Crippen MR) is 98.9 cm³/mol. The van der Waals surface area contributed by atoms with Crippen molar-refractivity contribution in [2.45, 2.75) is 13.3 Å². The van der Waals surface area contributed by atoms with Gasteiger partial charge in [-0.25, -0.2) is 14.4 Å². The van der Waals surface area contributed by atoms with Crippen molar-refractivity contribution >= 4 is 17.4 Å². The number of hydrogen-bond donors (Lipinski definition) is 2. The lowest BCUT2D eigenvalue weighted by Gasteiger charge is -2.07. The van der Waals surface area contributed by atoms with Gasteiger partial charge in [0.25, 0.3) is 5.91 Å². The molecule has 0 bridgehead atoms. The van der Waals surface area contributed by atoms with Crippen molar-refractivity contribution in [1.29, 1.82) is 0 Å². The summed E-state index contributed by atoms with van der Waals surface area (Å²) < 4.78 is 12.9. The largest absolute Gasteiger partial charge is 0.350 e. The van der Waals surface area contributed by atoms with Crippen LogP contribution in [0.4, 0.5) is 15.9 Å². The van der Waals surface area contributed by atoms with E-state index in [4.69, 9.17) is 0 Å². The van der Waals surface area contributed by atoms with E-state index < -0.39 is 0 Å². The topological polar surface area (TPSA) is 66.9 Å². The van der Waals surface area contributed by atoms with Gasteiger partial charge in [0.1, 0.15) is 17.3 Å². The van der Waals surface area contributed by atoms with E-state index in [1.165, 1.54) is 24.5 Å². The van der Waals surface area contributed by atoms with Crippen LogP contribution in [0.2, 0.25) is 0 Å². The van der Waals surface area contributed by atoms with Crippen molar-refractivity contribution in [2.75, 3.05) is 11.9 Å². The molecule has 0 aliphatic carbocycles. The molecule has 0 atom stereocenters. The maximum atomic E-state index is 12.9. The molecule has 1 aromatic heterocycles. The molecule has 0 unspecified atom stereocenters. The van der Waals surface area contributed by atoms with Crippen LogP contribution >= 0.6 is 0 Å². The Balaban J connectivity index is 1.52. The van der Waals surface area contributed by atoms with Gasteiger partial charge >= 0.3 is 0 Å². The average molecular weight is 350 g/mol. The Labute approximate surface area is 151 Å². The summed E-state index contributed by atoms with van der Waals surface area (Å²) in [6, 6.07) is 14.1. The Bertz CT molecular complexity index is 879. The number of carbonyl (C=O) groups is 1. The number of hydrogen-bond acceptors (Lipinski definition) is 4. The first-order valence-corrected chi connectivity index (χ1v) is 8.28. The second-order valence-electron chi connectivity index (χ2n) is 5.91. The summed E-state index contributed by atoms with van der Waals surface area (Å²) in [5.74, 6) is 0.00704. The van der Waals surface area contributed by atoms with Crippen LogP contribution in [0, 0.1) is 12.7 Å². The number of nitrogens with one attached hydrogen (secondary N) is 2. The zero-order valence-electron chi connectivity index (χ0n) is 14.4. The van der Waals surface area contributed by atoms with Crippen molar-refractivity contribution in [3.05, 3.63) is 83.6 Å². The van der Waals surface area contributed by atoms with E-state index in [1.807, 2.05) is 31.2 Å². The number of aryl methyl sites for hydroxylation is 1. The van der Waals surface area contributed by atoms with Crippen LogP contribution in [-0.2, 0) is 6.42 Å². The average Bonchev–Trinajstić information content (AvgIpc) is 2.64. The molecule has 2 aromatic carbocycles. The van der Waals surface area contributed by atoms with E-state index in [9.17, 15) is 9.18 Å². The summed E-state index contributed by atoms with van der Waals surface area (Å²) in [5, 5.41) is 5.93. The Hall–Kier alpha value is -3.28. The molecule has 6 heteroatoms. The first kappa shape index (κ1) is 17.5. The minimum atomic E-state index is -0.290. The number of aromatic nitrogens is 2. The van der Waals surface area contributed by atoms with Gasteiger partial charge in [-0.3, -0.25) is 4.79 Å². The molecule has 2 N–H and O–H groups in total. The van der Waals surface area contributed by atoms with Gasteiger partial charge in [0.15, 0.2) is 0 Å². The second kappa shape index (κ2) is 8.20. The molecule has 0 radical (unpaired) electrons. The zero-order valence-corrected chi connectivity index (χ0v) is 14.4. The lowest BCUT2D eigenvalue weighted by Crippen LogP contribution is -2.26. The Morgan fingerprint density at radius 2 is 1.88 bits per heavy atom. The third-order valence-electron chi connectivity index (χ3n) is 3.79. The third kappa shape index (κ3) is 4.86. The molecular formula is C20H19FN4O. The van der Waals surface area contributed by atoms with Crippen molar-refractivity contribution in [3.8, 4) is 0 Å². The highest BCUT2D eigenvalue weighted by atomic mass is 19.1. The number of nitrogens with zero attached hydrogens (tertiary/aromatic N) is 2. The van der Waals surface area contributed by atoms with E-state index in [2.05, 4.69) is 20.6 Å². The predicted octanol–water partition coefficient (Wildman–Crippen LogP) is 3.64. The minimum absolute atomic E-state index is 0.249. The maximum absolute atomic E-state index is 12.9. The molecule has 5 nitrogen and oxygen atoms in total. The summed E-state index contributed by atoms with van der Waals surface area (Å²) in [6.45, 7) is 2.45. The van der Waals surface area contributed by atoms with Gasteiger partial charge in [0, 0.05) is 12.2 Å². The van der Waals surface area contributed by atoms with Crippen LogP contribution in [0.5, 0.6) is 0 Å². The van der Waals surface area contributed by atoms with E-state index in [1.54, 1.807) is 12.1 Å². The van der Waals surface area contributed by atoms with Gasteiger partial charge in [-0.2, -0.15) is 0 Å². The Kier molecular flexibility index (Phi) is 5.53. The summed E-state index contributed by atoms with van der Waals surface area (Å²) in [7, 11) is 0. The fraction of sp³-hybridized carbons (Fsp3) is 0.150. The fourth-order valence-electron chi connectivity index (χ4n) is 2.44. The normalized spacial score (nSPS) is 10.4. The number of amides is 1. The monoisotopic (exact) mass is 350 g/mol. The van der Waals surface area contributed by atoms with Crippen LogP contribution in [-0.4, -0.2) is 22.4 Å². The molecule has 0 saturated heterocycles. The second-order valence-corrected chi connectivity index (χ2v) is 5.91. The van der Waals surface area contributed by atoms with Crippen molar-refractivity contribution < 1.29 is 9.18 Å². The molecule has 1 amide bonds. The molecular weight excluding hydrogens is 331 g/mol. The highest BCUT2D eigenvalue weighted by Crippen LogP contribution is 2.14. The number of anilines is 2. The molecule has 1 heterocycles. The van der Waals surface area contributed by atoms with Gasteiger partial charge in [0.2, 0.25) is 0 Å². The lowest BCUT2D eigenvalue weighted by molar-refractivity contribution is 0.0949. The smallest absolute Gasteiger partial charge is 0.271 e. The number of carbonyl (C=O) groups excluding carboxylic acids is 1. The quantitative estimate of drug-likeness (QED) is 0.712. The summed E-state index contributed by atoms with van der Waals surface area (Å²) in [5.41, 5.74) is 3.25. The number of halogens is 1.